The molecule has 0 aromatic heterocycles. The molecule has 0 aromatic rings. The molecular formula is C7H6N2O5. The van der Waals surface area contributed by atoms with Crippen LogP contribution in [-0.4, -0.2) is 29.5 Å². The summed E-state index contributed by atoms with van der Waals surface area (Å²) in [6, 6.07) is 0. The molecule has 0 aromatic carbocycles. The topological polar surface area (TPSA) is 130 Å². The lowest BCUT2D eigenvalue weighted by Crippen LogP contribution is -2.45. The number of ether oxygens (including phenoxy) is 1. The Morgan fingerprint density at radius 1 is 1.29 bits per heavy atom. The predicted octanol–water partition coefficient (Wildman–Crippen LogP) is -2.62. The van der Waals surface area contributed by atoms with Crippen molar-refractivity contribution in [3.05, 3.63) is 11.8 Å². The number of allylic oxidation sites excluding steroid dienone is 1. The van der Waals surface area contributed by atoms with E-state index >= 15 is 0 Å². The Balaban J connectivity index is 3.05. The molecule has 1 atom stereocenters. The average Bonchev–Trinajstić information content (AvgIpc) is 2.08. The van der Waals surface area contributed by atoms with Crippen LogP contribution in [-0.2, 0) is 23.9 Å². The minimum absolute atomic E-state index is 0.543. The molecule has 1 heterocycles. The van der Waals surface area contributed by atoms with Gasteiger partial charge in [0.05, 0.1) is 0 Å². The van der Waals surface area contributed by atoms with Gasteiger partial charge in [-0.25, -0.2) is 0 Å². The van der Waals surface area contributed by atoms with Gasteiger partial charge in [0.15, 0.2) is 5.76 Å². The lowest BCUT2D eigenvalue weighted by molar-refractivity contribution is -0.148. The number of ketones is 2. The SMILES string of the molecule is NC(=O)C1=CC(=O)C(=O)C(C(N)=O)O1. The number of Topliss-reactive ketones (excluding diaryl/α,β-unsaturated/α-hetero) is 1. The zero-order valence-electron chi connectivity index (χ0n) is 6.85. The van der Waals surface area contributed by atoms with Gasteiger partial charge in [-0.1, -0.05) is 0 Å². The van der Waals surface area contributed by atoms with Crippen molar-refractivity contribution in [3.8, 4) is 0 Å². The molecule has 0 saturated heterocycles. The first-order valence-electron chi connectivity index (χ1n) is 3.49. The van der Waals surface area contributed by atoms with E-state index in [0.717, 1.165) is 0 Å². The molecule has 0 saturated carbocycles. The van der Waals surface area contributed by atoms with E-state index in [1.165, 1.54) is 0 Å². The summed E-state index contributed by atoms with van der Waals surface area (Å²) in [5, 5.41) is 0. The van der Waals surface area contributed by atoms with Gasteiger partial charge in [-0.2, -0.15) is 0 Å². The van der Waals surface area contributed by atoms with E-state index < -0.39 is 35.2 Å². The number of carbonyl (C=O) groups excluding carboxylic acids is 4. The molecule has 0 aliphatic carbocycles. The Kier molecular flexibility index (Phi) is 2.32. The molecule has 2 amide bonds. The fourth-order valence-corrected chi connectivity index (χ4v) is 0.850. The molecule has 4 N–H and O–H groups in total. The Morgan fingerprint density at radius 3 is 2.29 bits per heavy atom. The lowest BCUT2D eigenvalue weighted by Gasteiger charge is -2.17. The van der Waals surface area contributed by atoms with Gasteiger partial charge in [0, 0.05) is 6.08 Å². The van der Waals surface area contributed by atoms with E-state index in [4.69, 9.17) is 11.5 Å². The molecule has 7 nitrogen and oxygen atoms in total. The molecular weight excluding hydrogens is 192 g/mol. The normalized spacial score (nSPS) is 21.1. The third kappa shape index (κ3) is 1.60. The number of rotatable bonds is 2. The Morgan fingerprint density at radius 2 is 1.86 bits per heavy atom. The highest BCUT2D eigenvalue weighted by Crippen LogP contribution is 2.10. The van der Waals surface area contributed by atoms with E-state index in [-0.39, 0.29) is 0 Å². The van der Waals surface area contributed by atoms with Gasteiger partial charge >= 0.3 is 0 Å². The fraction of sp³-hybridized carbons (Fsp3) is 0.143. The number of primary amides is 2. The molecule has 0 radical (unpaired) electrons. The van der Waals surface area contributed by atoms with E-state index in [1.807, 2.05) is 0 Å². The number of amides is 2. The molecule has 1 rings (SSSR count). The van der Waals surface area contributed by atoms with Crippen LogP contribution in [0.3, 0.4) is 0 Å². The maximum Gasteiger partial charge on any atom is 0.283 e. The maximum absolute atomic E-state index is 11.0. The summed E-state index contributed by atoms with van der Waals surface area (Å²) in [6.45, 7) is 0. The molecule has 0 bridgehead atoms. The first-order valence-corrected chi connectivity index (χ1v) is 3.49. The smallest absolute Gasteiger partial charge is 0.283 e. The van der Waals surface area contributed by atoms with Gasteiger partial charge in [-0.3, -0.25) is 19.2 Å². The van der Waals surface area contributed by atoms with Crippen molar-refractivity contribution < 1.29 is 23.9 Å². The Labute approximate surface area is 77.7 Å². The minimum Gasteiger partial charge on any atom is -0.466 e. The molecule has 1 unspecified atom stereocenters. The van der Waals surface area contributed by atoms with Gasteiger partial charge in [-0.15, -0.1) is 0 Å². The molecule has 1 aliphatic rings. The second kappa shape index (κ2) is 3.29. The average molecular weight is 198 g/mol. The van der Waals surface area contributed by atoms with Crippen molar-refractivity contribution in [1.29, 1.82) is 0 Å². The van der Waals surface area contributed by atoms with Crippen molar-refractivity contribution in [1.82, 2.24) is 0 Å². The summed E-state index contributed by atoms with van der Waals surface area (Å²) in [5.41, 5.74) is 9.56. The first-order chi connectivity index (χ1) is 6.43. The molecule has 0 spiro atoms. The number of hydrogen-bond donors (Lipinski definition) is 2. The van der Waals surface area contributed by atoms with Crippen LogP contribution in [0.1, 0.15) is 0 Å². The van der Waals surface area contributed by atoms with E-state index in [2.05, 4.69) is 4.74 Å². The maximum atomic E-state index is 11.0. The summed E-state index contributed by atoms with van der Waals surface area (Å²) < 4.78 is 4.53. The van der Waals surface area contributed by atoms with Gasteiger partial charge in [0.25, 0.3) is 17.6 Å². The largest absolute Gasteiger partial charge is 0.466 e. The van der Waals surface area contributed by atoms with Crippen molar-refractivity contribution >= 4 is 23.4 Å². The summed E-state index contributed by atoms with van der Waals surface area (Å²) >= 11 is 0. The van der Waals surface area contributed by atoms with Crippen LogP contribution < -0.4 is 11.5 Å². The van der Waals surface area contributed by atoms with Crippen LogP contribution >= 0.6 is 0 Å². The molecule has 1 aliphatic heterocycles. The van der Waals surface area contributed by atoms with Gasteiger partial charge in [0.2, 0.25) is 11.9 Å². The van der Waals surface area contributed by atoms with Crippen LogP contribution in [0.5, 0.6) is 0 Å². The first kappa shape index (κ1) is 9.90. The third-order valence-corrected chi connectivity index (χ3v) is 1.49. The highest BCUT2D eigenvalue weighted by atomic mass is 16.5. The summed E-state index contributed by atoms with van der Waals surface area (Å²) in [4.78, 5) is 43.1. The zero-order chi connectivity index (χ0) is 10.9. The monoisotopic (exact) mass is 198 g/mol. The summed E-state index contributed by atoms with van der Waals surface area (Å²) in [7, 11) is 0. The van der Waals surface area contributed by atoms with Crippen LogP contribution in [0, 0.1) is 0 Å². The van der Waals surface area contributed by atoms with Crippen molar-refractivity contribution in [2.24, 2.45) is 11.5 Å². The van der Waals surface area contributed by atoms with Gasteiger partial charge in [-0.05, 0) is 0 Å². The van der Waals surface area contributed by atoms with E-state index in [9.17, 15) is 19.2 Å². The number of hydrogen-bond acceptors (Lipinski definition) is 5. The van der Waals surface area contributed by atoms with Crippen LogP contribution in [0.4, 0.5) is 0 Å². The highest BCUT2D eigenvalue weighted by Gasteiger charge is 2.37. The highest BCUT2D eigenvalue weighted by molar-refractivity contribution is 6.47. The Hall–Kier alpha value is -2.18. The van der Waals surface area contributed by atoms with Gasteiger partial charge in [0.1, 0.15) is 0 Å². The minimum atomic E-state index is -1.75. The standard InChI is InChI=1S/C7H6N2O5/c8-6(12)3-1-2(10)4(11)5(14-3)7(9)13/h1,5H,(H2,8,12)(H2,9,13). The fourth-order valence-electron chi connectivity index (χ4n) is 0.850. The van der Waals surface area contributed by atoms with Crippen LogP contribution in [0.15, 0.2) is 11.8 Å². The van der Waals surface area contributed by atoms with Crippen LogP contribution in [0.25, 0.3) is 0 Å². The number of carbonyl (C=O) groups is 4. The lowest BCUT2D eigenvalue weighted by atomic mass is 10.1. The predicted molar refractivity (Wildman–Crippen MR) is 41.4 cm³/mol. The number of nitrogens with two attached hydrogens (primary N) is 2. The second-order valence-electron chi connectivity index (χ2n) is 2.50. The quantitative estimate of drug-likeness (QED) is 0.370. The zero-order valence-corrected chi connectivity index (χ0v) is 6.85. The molecule has 0 fully saturated rings. The van der Waals surface area contributed by atoms with E-state index in [1.54, 1.807) is 0 Å². The summed E-state index contributed by atoms with van der Waals surface area (Å²) in [5.74, 6) is -4.87. The summed E-state index contributed by atoms with van der Waals surface area (Å²) in [6.07, 6.45) is -1.13. The van der Waals surface area contributed by atoms with Crippen molar-refractivity contribution in [3.63, 3.8) is 0 Å². The molecule has 74 valence electrons. The van der Waals surface area contributed by atoms with Crippen molar-refractivity contribution in [2.45, 2.75) is 6.10 Å². The second-order valence-corrected chi connectivity index (χ2v) is 2.50. The molecule has 14 heavy (non-hydrogen) atoms. The third-order valence-electron chi connectivity index (χ3n) is 1.49. The van der Waals surface area contributed by atoms with E-state index in [0.29, 0.717) is 6.08 Å². The van der Waals surface area contributed by atoms with Crippen LogP contribution in [0.2, 0.25) is 0 Å². The Bertz CT molecular complexity index is 370. The van der Waals surface area contributed by atoms with Crippen molar-refractivity contribution in [2.75, 3.05) is 0 Å². The van der Waals surface area contributed by atoms with Gasteiger partial charge < -0.3 is 16.2 Å². The molecule has 7 heteroatoms.